The van der Waals surface area contributed by atoms with Crippen LogP contribution in [-0.2, 0) is 29.5 Å². The standard InChI is InChI=1S/C17H19N5O5S/c23-15-12-6-5-11(10-13(12)16(24)19-15)28(26,27)18-7-3-9-22-17(25)21-8-2-1-4-14(21)20-22/h5-6,10,18H,1-4,7-9H2,(H,19,23,24). The number of nitrogens with one attached hydrogen (secondary N) is 2. The number of hydrogen-bond acceptors (Lipinski definition) is 6. The smallest absolute Gasteiger partial charge is 0.288 e. The van der Waals surface area contributed by atoms with Crippen molar-refractivity contribution >= 4 is 21.8 Å². The van der Waals surface area contributed by atoms with Crippen LogP contribution in [0.2, 0.25) is 0 Å². The van der Waals surface area contributed by atoms with Gasteiger partial charge in [-0.15, -0.1) is 0 Å². The molecule has 148 valence electrons. The molecule has 0 aliphatic carbocycles. The van der Waals surface area contributed by atoms with Gasteiger partial charge in [-0.3, -0.25) is 19.5 Å². The van der Waals surface area contributed by atoms with Gasteiger partial charge in [0.2, 0.25) is 10.0 Å². The maximum absolute atomic E-state index is 12.4. The maximum atomic E-state index is 12.4. The van der Waals surface area contributed by atoms with E-state index in [1.165, 1.54) is 22.9 Å². The summed E-state index contributed by atoms with van der Waals surface area (Å²) in [6, 6.07) is 3.79. The van der Waals surface area contributed by atoms with Crippen molar-refractivity contribution in [3.8, 4) is 0 Å². The highest BCUT2D eigenvalue weighted by atomic mass is 32.2. The summed E-state index contributed by atoms with van der Waals surface area (Å²) in [5, 5.41) is 6.43. The number of carbonyl (C=O) groups is 2. The fourth-order valence-electron chi connectivity index (χ4n) is 3.43. The van der Waals surface area contributed by atoms with Crippen molar-refractivity contribution in [3.05, 3.63) is 45.6 Å². The number of sulfonamides is 1. The number of aromatic nitrogens is 3. The molecule has 2 amide bonds. The van der Waals surface area contributed by atoms with E-state index >= 15 is 0 Å². The predicted octanol–water partition coefficient (Wildman–Crippen LogP) is -0.367. The van der Waals surface area contributed by atoms with E-state index in [4.69, 9.17) is 0 Å². The van der Waals surface area contributed by atoms with Gasteiger partial charge < -0.3 is 0 Å². The van der Waals surface area contributed by atoms with Crippen molar-refractivity contribution in [1.82, 2.24) is 24.4 Å². The van der Waals surface area contributed by atoms with Crippen LogP contribution in [-0.4, -0.2) is 41.1 Å². The number of amides is 2. The number of hydrogen-bond donors (Lipinski definition) is 2. The van der Waals surface area contributed by atoms with Crippen LogP contribution in [0.25, 0.3) is 0 Å². The third-order valence-electron chi connectivity index (χ3n) is 4.89. The van der Waals surface area contributed by atoms with E-state index < -0.39 is 21.8 Å². The second kappa shape index (κ2) is 6.99. The third-order valence-corrected chi connectivity index (χ3v) is 6.35. The molecule has 1 aromatic heterocycles. The highest BCUT2D eigenvalue weighted by molar-refractivity contribution is 7.89. The summed E-state index contributed by atoms with van der Waals surface area (Å²) in [5.41, 5.74) is 0.0435. The van der Waals surface area contributed by atoms with Gasteiger partial charge in [-0.05, 0) is 37.5 Å². The lowest BCUT2D eigenvalue weighted by atomic mass is 10.1. The first-order valence-electron chi connectivity index (χ1n) is 9.03. The van der Waals surface area contributed by atoms with Crippen LogP contribution in [0.5, 0.6) is 0 Å². The van der Waals surface area contributed by atoms with Crippen LogP contribution < -0.4 is 15.7 Å². The monoisotopic (exact) mass is 405 g/mol. The second-order valence-corrected chi connectivity index (χ2v) is 8.54. The first-order chi connectivity index (χ1) is 13.4. The molecule has 0 atom stereocenters. The van der Waals surface area contributed by atoms with E-state index in [2.05, 4.69) is 15.1 Å². The zero-order valence-electron chi connectivity index (χ0n) is 15.0. The molecule has 4 rings (SSSR count). The van der Waals surface area contributed by atoms with Crippen molar-refractivity contribution in [2.24, 2.45) is 0 Å². The van der Waals surface area contributed by atoms with Crippen LogP contribution in [0.15, 0.2) is 27.9 Å². The minimum atomic E-state index is -3.84. The molecule has 0 bridgehead atoms. The minimum absolute atomic E-state index is 0.0445. The molecule has 1 aromatic carbocycles. The summed E-state index contributed by atoms with van der Waals surface area (Å²) >= 11 is 0. The Morgan fingerprint density at radius 2 is 1.89 bits per heavy atom. The number of aryl methyl sites for hydroxylation is 2. The van der Waals surface area contributed by atoms with Gasteiger partial charge >= 0.3 is 5.69 Å². The maximum Gasteiger partial charge on any atom is 0.345 e. The average Bonchev–Trinajstić information content (AvgIpc) is 3.15. The topological polar surface area (TPSA) is 132 Å². The largest absolute Gasteiger partial charge is 0.345 e. The zero-order valence-corrected chi connectivity index (χ0v) is 15.8. The Bertz CT molecular complexity index is 1130. The third kappa shape index (κ3) is 3.27. The second-order valence-electron chi connectivity index (χ2n) is 6.77. The Hall–Kier alpha value is -2.79. The molecule has 2 aromatic rings. The molecular formula is C17H19N5O5S. The fraction of sp³-hybridized carbons (Fsp3) is 0.412. The average molecular weight is 405 g/mol. The van der Waals surface area contributed by atoms with Crippen LogP contribution in [0.4, 0.5) is 0 Å². The lowest BCUT2D eigenvalue weighted by Crippen LogP contribution is -2.29. The molecule has 2 aliphatic rings. The molecule has 0 radical (unpaired) electrons. The van der Waals surface area contributed by atoms with Gasteiger partial charge in [-0.1, -0.05) is 0 Å². The van der Waals surface area contributed by atoms with E-state index in [1.807, 2.05) is 0 Å². The molecule has 0 fully saturated rings. The van der Waals surface area contributed by atoms with E-state index in [0.717, 1.165) is 25.1 Å². The Morgan fingerprint density at radius 3 is 2.68 bits per heavy atom. The molecule has 2 N–H and O–H groups in total. The van der Waals surface area contributed by atoms with Crippen molar-refractivity contribution in [2.45, 2.75) is 43.7 Å². The van der Waals surface area contributed by atoms with Crippen LogP contribution >= 0.6 is 0 Å². The zero-order chi connectivity index (χ0) is 19.9. The Kier molecular flexibility index (Phi) is 4.63. The van der Waals surface area contributed by atoms with Crippen molar-refractivity contribution in [2.75, 3.05) is 6.54 Å². The summed E-state index contributed by atoms with van der Waals surface area (Å²) in [5.74, 6) is -0.368. The number of fused-ring (bicyclic) bond motifs is 2. The Balaban J connectivity index is 1.39. The van der Waals surface area contributed by atoms with Crippen LogP contribution in [0, 0.1) is 0 Å². The van der Waals surface area contributed by atoms with E-state index in [9.17, 15) is 22.8 Å². The van der Waals surface area contributed by atoms with Gasteiger partial charge in [0.1, 0.15) is 5.82 Å². The Morgan fingerprint density at radius 1 is 1.11 bits per heavy atom. The Labute approximate surface area is 160 Å². The number of imide groups is 1. The van der Waals surface area contributed by atoms with E-state index in [0.29, 0.717) is 19.5 Å². The molecule has 0 spiro atoms. The summed E-state index contributed by atoms with van der Waals surface area (Å²) in [4.78, 5) is 35.4. The number of nitrogens with zero attached hydrogens (tertiary/aromatic N) is 3. The van der Waals surface area contributed by atoms with Gasteiger partial charge in [-0.25, -0.2) is 22.6 Å². The summed E-state index contributed by atoms with van der Waals surface area (Å²) in [6.07, 6.45) is 3.15. The quantitative estimate of drug-likeness (QED) is 0.498. The van der Waals surface area contributed by atoms with Crippen LogP contribution in [0.3, 0.4) is 0 Å². The number of benzene rings is 1. The molecule has 3 heterocycles. The number of rotatable bonds is 6. The lowest BCUT2D eigenvalue weighted by molar-refractivity contribution is 0.0879. The molecule has 28 heavy (non-hydrogen) atoms. The van der Waals surface area contributed by atoms with E-state index in [1.54, 1.807) is 4.57 Å². The van der Waals surface area contributed by atoms with Crippen LogP contribution in [0.1, 0.15) is 45.8 Å². The summed E-state index contributed by atoms with van der Waals surface area (Å²) in [7, 11) is -3.84. The number of carbonyl (C=O) groups excluding carboxylic acids is 2. The molecule has 10 nitrogen and oxygen atoms in total. The molecular weight excluding hydrogens is 386 g/mol. The highest BCUT2D eigenvalue weighted by Crippen LogP contribution is 2.20. The summed E-state index contributed by atoms with van der Waals surface area (Å²) < 4.78 is 30.4. The van der Waals surface area contributed by atoms with Crippen molar-refractivity contribution in [3.63, 3.8) is 0 Å². The molecule has 0 saturated carbocycles. The molecule has 0 saturated heterocycles. The molecule has 0 unspecified atom stereocenters. The van der Waals surface area contributed by atoms with Gasteiger partial charge in [0.05, 0.1) is 16.0 Å². The SMILES string of the molecule is O=C1NC(=O)c2cc(S(=O)(=O)NCCCn3nc4n(c3=O)CCCC4)ccc21. The molecule has 11 heteroatoms. The normalized spacial score (nSPS) is 16.0. The van der Waals surface area contributed by atoms with E-state index in [-0.39, 0.29) is 28.3 Å². The van der Waals surface area contributed by atoms with Gasteiger partial charge in [0, 0.05) is 26.1 Å². The fourth-order valence-corrected chi connectivity index (χ4v) is 4.53. The first-order valence-corrected chi connectivity index (χ1v) is 10.5. The summed E-state index contributed by atoms with van der Waals surface area (Å²) in [6.45, 7) is 1.09. The van der Waals surface area contributed by atoms with Gasteiger partial charge in [-0.2, -0.15) is 5.10 Å². The van der Waals surface area contributed by atoms with Crippen molar-refractivity contribution < 1.29 is 18.0 Å². The van der Waals surface area contributed by atoms with Crippen molar-refractivity contribution in [1.29, 1.82) is 0 Å². The van der Waals surface area contributed by atoms with Gasteiger partial charge in [0.25, 0.3) is 11.8 Å². The molecule has 2 aliphatic heterocycles. The highest BCUT2D eigenvalue weighted by Gasteiger charge is 2.28. The first kappa shape index (κ1) is 18.6. The minimum Gasteiger partial charge on any atom is -0.288 e. The predicted molar refractivity (Wildman–Crippen MR) is 97.5 cm³/mol. The van der Waals surface area contributed by atoms with Gasteiger partial charge in [0.15, 0.2) is 0 Å². The lowest BCUT2D eigenvalue weighted by Gasteiger charge is -2.09.